The largest absolute Gasteiger partial charge is 0.488 e. The molecule has 0 spiro atoms. The Morgan fingerprint density at radius 1 is 1.17 bits per heavy atom. The summed E-state index contributed by atoms with van der Waals surface area (Å²) in [5, 5.41) is 0. The average Bonchev–Trinajstić information content (AvgIpc) is 2.34. The molecule has 2 atom stereocenters. The highest BCUT2D eigenvalue weighted by molar-refractivity contribution is 5.85. The van der Waals surface area contributed by atoms with Gasteiger partial charge in [-0.3, -0.25) is 4.98 Å². The van der Waals surface area contributed by atoms with Crippen molar-refractivity contribution in [2.45, 2.75) is 18.9 Å². The molecule has 4 heteroatoms. The molecular weight excluding hydrogens is 248 g/mol. The topological polar surface area (TPSA) is 25.4 Å². The molecule has 5 rings (SSSR count). The predicted octanol–water partition coefficient (Wildman–Crippen LogP) is 2.22. The van der Waals surface area contributed by atoms with Crippen LogP contribution in [0.25, 0.3) is 0 Å². The van der Waals surface area contributed by atoms with E-state index < -0.39 is 0 Å². The van der Waals surface area contributed by atoms with Crippen LogP contribution in [0.5, 0.6) is 5.75 Å². The average molecular weight is 267 g/mol. The summed E-state index contributed by atoms with van der Waals surface area (Å²) < 4.78 is 6.20. The van der Waals surface area contributed by atoms with Crippen LogP contribution in [0, 0.1) is 17.8 Å². The van der Waals surface area contributed by atoms with Gasteiger partial charge in [0.1, 0.15) is 11.9 Å². The smallest absolute Gasteiger partial charge is 0.138 e. The minimum Gasteiger partial charge on any atom is -0.488 e. The highest BCUT2D eigenvalue weighted by Crippen LogP contribution is 2.44. The second-order valence-electron chi connectivity index (χ2n) is 5.85. The van der Waals surface area contributed by atoms with Crippen LogP contribution in [-0.2, 0) is 0 Å². The highest BCUT2D eigenvalue weighted by atomic mass is 35.5. The van der Waals surface area contributed by atoms with Crippen molar-refractivity contribution in [2.24, 2.45) is 17.8 Å². The Kier molecular flexibility index (Phi) is 3.20. The first-order valence-electron chi connectivity index (χ1n) is 6.67. The Morgan fingerprint density at radius 2 is 1.94 bits per heavy atom. The van der Waals surface area contributed by atoms with Crippen molar-refractivity contribution in [3.05, 3.63) is 24.5 Å². The molecule has 3 aliphatic heterocycles. The molecule has 4 aliphatic rings. The minimum absolute atomic E-state index is 0. The van der Waals surface area contributed by atoms with Gasteiger partial charge in [0.25, 0.3) is 0 Å². The lowest BCUT2D eigenvalue weighted by molar-refractivity contribution is -0.0985. The molecule has 3 saturated heterocycles. The lowest BCUT2D eigenvalue weighted by Gasteiger charge is -2.55. The van der Waals surface area contributed by atoms with E-state index in [-0.39, 0.29) is 12.4 Å². The Hall–Kier alpha value is -0.800. The van der Waals surface area contributed by atoms with E-state index in [1.54, 1.807) is 6.20 Å². The summed E-state index contributed by atoms with van der Waals surface area (Å²) in [6.07, 6.45) is 6.82. The Labute approximate surface area is 114 Å². The van der Waals surface area contributed by atoms with Crippen molar-refractivity contribution in [3.8, 4) is 5.75 Å². The van der Waals surface area contributed by atoms with Crippen LogP contribution in [0.1, 0.15) is 12.8 Å². The van der Waals surface area contributed by atoms with Crippen LogP contribution in [-0.4, -0.2) is 35.6 Å². The van der Waals surface area contributed by atoms with Crippen molar-refractivity contribution >= 4 is 12.4 Å². The molecule has 1 saturated carbocycles. The Bertz CT molecular complexity index is 384. The molecule has 0 N–H and O–H groups in total. The first-order valence-corrected chi connectivity index (χ1v) is 6.67. The van der Waals surface area contributed by atoms with Crippen molar-refractivity contribution in [3.63, 3.8) is 0 Å². The molecule has 2 unspecified atom stereocenters. The third kappa shape index (κ3) is 1.99. The zero-order chi connectivity index (χ0) is 11.2. The molecule has 3 nitrogen and oxygen atoms in total. The van der Waals surface area contributed by atoms with Gasteiger partial charge in [-0.25, -0.2) is 0 Å². The van der Waals surface area contributed by atoms with E-state index in [2.05, 4.69) is 9.88 Å². The zero-order valence-electron chi connectivity index (χ0n) is 10.4. The van der Waals surface area contributed by atoms with Gasteiger partial charge in [0.05, 0.1) is 6.20 Å². The zero-order valence-corrected chi connectivity index (χ0v) is 11.2. The maximum absolute atomic E-state index is 6.20. The number of pyridine rings is 1. The Morgan fingerprint density at radius 3 is 2.56 bits per heavy atom. The fourth-order valence-electron chi connectivity index (χ4n) is 4.13. The number of piperidine rings is 3. The van der Waals surface area contributed by atoms with E-state index in [9.17, 15) is 0 Å². The number of ether oxygens (including phenoxy) is 1. The first-order chi connectivity index (χ1) is 8.38. The van der Waals surface area contributed by atoms with Gasteiger partial charge in [-0.2, -0.15) is 0 Å². The summed E-state index contributed by atoms with van der Waals surface area (Å²) in [6, 6.07) is 3.98. The third-order valence-electron chi connectivity index (χ3n) is 4.61. The Balaban J connectivity index is 0.000001000. The number of aromatic nitrogens is 1. The van der Waals surface area contributed by atoms with Crippen LogP contribution >= 0.6 is 12.4 Å². The fourth-order valence-corrected chi connectivity index (χ4v) is 4.13. The molecule has 18 heavy (non-hydrogen) atoms. The maximum atomic E-state index is 6.20. The number of hydrogen-bond acceptors (Lipinski definition) is 3. The molecule has 4 heterocycles. The van der Waals surface area contributed by atoms with Crippen molar-refractivity contribution in [1.29, 1.82) is 0 Å². The first kappa shape index (κ1) is 12.2. The summed E-state index contributed by atoms with van der Waals surface area (Å²) in [4.78, 5) is 6.77. The molecule has 1 aliphatic carbocycles. The molecule has 0 amide bonds. The van der Waals surface area contributed by atoms with Crippen molar-refractivity contribution < 1.29 is 4.74 Å². The van der Waals surface area contributed by atoms with Crippen molar-refractivity contribution in [2.75, 3.05) is 19.6 Å². The SMILES string of the molecule is Cl.c1cncc(OC2C3CC4CC2CN(C4)C3)c1. The molecule has 0 aromatic carbocycles. The van der Waals surface area contributed by atoms with E-state index >= 15 is 0 Å². The molecular formula is C14H19ClN2O. The summed E-state index contributed by atoms with van der Waals surface area (Å²) >= 11 is 0. The molecule has 1 aromatic heterocycles. The highest BCUT2D eigenvalue weighted by Gasteiger charge is 2.48. The second-order valence-corrected chi connectivity index (χ2v) is 5.85. The van der Waals surface area contributed by atoms with E-state index in [0.717, 1.165) is 23.5 Å². The molecule has 1 aromatic rings. The monoisotopic (exact) mass is 266 g/mol. The molecule has 0 radical (unpaired) electrons. The quantitative estimate of drug-likeness (QED) is 0.821. The van der Waals surface area contributed by atoms with Crippen LogP contribution in [0.2, 0.25) is 0 Å². The van der Waals surface area contributed by atoms with Crippen LogP contribution in [0.4, 0.5) is 0 Å². The fraction of sp³-hybridized carbons (Fsp3) is 0.643. The van der Waals surface area contributed by atoms with E-state index in [4.69, 9.17) is 4.74 Å². The summed E-state index contributed by atoms with van der Waals surface area (Å²) in [7, 11) is 0. The van der Waals surface area contributed by atoms with Gasteiger partial charge in [-0.15, -0.1) is 12.4 Å². The second kappa shape index (κ2) is 4.71. The van der Waals surface area contributed by atoms with Crippen LogP contribution in [0.3, 0.4) is 0 Å². The van der Waals surface area contributed by atoms with E-state index in [1.165, 1.54) is 32.5 Å². The normalized spacial score (nSPS) is 40.3. The lowest BCUT2D eigenvalue weighted by Crippen LogP contribution is -2.61. The van der Waals surface area contributed by atoms with Crippen molar-refractivity contribution in [1.82, 2.24) is 9.88 Å². The van der Waals surface area contributed by atoms with Gasteiger partial charge in [0.15, 0.2) is 0 Å². The number of nitrogens with zero attached hydrogens (tertiary/aromatic N) is 2. The predicted molar refractivity (Wildman–Crippen MR) is 72.0 cm³/mol. The summed E-state index contributed by atoms with van der Waals surface area (Å²) in [5.41, 5.74) is 0. The minimum atomic E-state index is 0. The van der Waals surface area contributed by atoms with E-state index in [0.29, 0.717) is 6.10 Å². The number of hydrogen-bond donors (Lipinski definition) is 0. The number of halogens is 1. The standard InChI is InChI=1S/C14H18N2O.ClH/c1-2-13(6-15-3-1)17-14-11-4-10-5-12(14)9-16(7-10)8-11;/h1-3,6,10-12,14H,4-5,7-9H2;1H. The molecule has 4 fully saturated rings. The summed E-state index contributed by atoms with van der Waals surface area (Å²) in [6.45, 7) is 3.84. The summed E-state index contributed by atoms with van der Waals surface area (Å²) in [5.74, 6) is 3.39. The van der Waals surface area contributed by atoms with Gasteiger partial charge in [-0.05, 0) is 30.9 Å². The maximum Gasteiger partial charge on any atom is 0.138 e. The molecule has 4 bridgehead atoms. The lowest BCUT2D eigenvalue weighted by atomic mass is 9.66. The van der Waals surface area contributed by atoms with E-state index in [1.807, 2.05) is 18.3 Å². The van der Waals surface area contributed by atoms with Gasteiger partial charge >= 0.3 is 0 Å². The van der Waals surface area contributed by atoms with Crippen LogP contribution in [0.15, 0.2) is 24.5 Å². The van der Waals surface area contributed by atoms with Gasteiger partial charge < -0.3 is 9.64 Å². The third-order valence-corrected chi connectivity index (χ3v) is 4.61. The van der Waals surface area contributed by atoms with Gasteiger partial charge in [0, 0.05) is 37.7 Å². The van der Waals surface area contributed by atoms with Gasteiger partial charge in [-0.1, -0.05) is 0 Å². The number of rotatable bonds is 2. The molecule has 98 valence electrons. The van der Waals surface area contributed by atoms with Crippen LogP contribution < -0.4 is 4.74 Å². The van der Waals surface area contributed by atoms with Gasteiger partial charge in [0.2, 0.25) is 0 Å².